The van der Waals surface area contributed by atoms with E-state index >= 15 is 0 Å². The summed E-state index contributed by atoms with van der Waals surface area (Å²) in [5.41, 5.74) is 0.633. The summed E-state index contributed by atoms with van der Waals surface area (Å²) < 4.78 is 0. The highest BCUT2D eigenvalue weighted by Gasteiger charge is 2.27. The third-order valence-corrected chi connectivity index (χ3v) is 1.65. The Morgan fingerprint density at radius 2 is 1.67 bits per heavy atom. The number of hydrogen-bond acceptors (Lipinski definition) is 3. The van der Waals surface area contributed by atoms with Gasteiger partial charge in [0.15, 0.2) is 5.79 Å². The topological polar surface area (TPSA) is 64.3 Å². The maximum Gasteiger partial charge on any atom is 0.163 e. The predicted octanol–water partition coefficient (Wildman–Crippen LogP) is 0.261. The number of hydrogen-bond donors (Lipinski definition) is 3. The van der Waals surface area contributed by atoms with Crippen molar-refractivity contribution in [3.63, 3.8) is 0 Å². The van der Waals surface area contributed by atoms with Gasteiger partial charge < -0.3 is 15.6 Å². The molecule has 0 heterocycles. The third kappa shape index (κ3) is 1.77. The van der Waals surface area contributed by atoms with Crippen LogP contribution >= 0.6 is 0 Å². The lowest BCUT2D eigenvalue weighted by molar-refractivity contribution is -0.171. The van der Waals surface area contributed by atoms with Crippen molar-refractivity contribution in [2.24, 2.45) is 0 Å². The van der Waals surface area contributed by atoms with Crippen LogP contribution in [0.4, 0.5) is 0 Å². The highest BCUT2D eigenvalue weighted by Crippen LogP contribution is 2.22. The van der Waals surface area contributed by atoms with Crippen LogP contribution in [0.15, 0.2) is 0 Å². The molecule has 1 fully saturated rings. The molecule has 1 saturated carbocycles. The molecule has 0 spiro atoms. The van der Waals surface area contributed by atoms with Crippen LogP contribution < -0.4 is 0 Å². The molecule has 3 N–H and O–H groups in total. The Morgan fingerprint density at radius 1 is 1.22 bits per heavy atom. The summed E-state index contributed by atoms with van der Waals surface area (Å²) in [5.74, 6) is -1.48. The lowest BCUT2D eigenvalue weighted by atomic mass is 9.93. The van der Waals surface area contributed by atoms with Crippen molar-refractivity contribution in [3.8, 4) is 0 Å². The minimum atomic E-state index is -1.48. The molecular weight excluding hydrogens is 118 g/mol. The van der Waals surface area contributed by atoms with Crippen LogP contribution in [-0.2, 0) is 0 Å². The van der Waals surface area contributed by atoms with Crippen LogP contribution in [0.5, 0.6) is 0 Å². The van der Waals surface area contributed by atoms with E-state index in [1.54, 1.807) is 0 Å². The molecular formula is C6H11NO2. The zero-order chi connectivity index (χ0) is 6.91. The highest BCUT2D eigenvalue weighted by molar-refractivity contribution is 5.82. The average molecular weight is 129 g/mol. The van der Waals surface area contributed by atoms with Gasteiger partial charge in [-0.1, -0.05) is 0 Å². The highest BCUT2D eigenvalue weighted by atomic mass is 16.5. The van der Waals surface area contributed by atoms with Gasteiger partial charge in [-0.05, 0) is 12.8 Å². The van der Waals surface area contributed by atoms with E-state index in [2.05, 4.69) is 0 Å². The van der Waals surface area contributed by atoms with Crippen LogP contribution in [-0.4, -0.2) is 21.7 Å². The molecule has 9 heavy (non-hydrogen) atoms. The molecule has 52 valence electrons. The first-order chi connectivity index (χ1) is 4.10. The van der Waals surface area contributed by atoms with Crippen molar-refractivity contribution in [2.45, 2.75) is 31.5 Å². The van der Waals surface area contributed by atoms with Crippen molar-refractivity contribution in [1.82, 2.24) is 0 Å². The predicted molar refractivity (Wildman–Crippen MR) is 33.4 cm³/mol. The Labute approximate surface area is 53.8 Å². The van der Waals surface area contributed by atoms with E-state index in [1.165, 1.54) is 0 Å². The van der Waals surface area contributed by atoms with Crippen LogP contribution in [0.1, 0.15) is 25.7 Å². The third-order valence-electron chi connectivity index (χ3n) is 1.65. The molecule has 0 aromatic rings. The molecule has 0 saturated heterocycles. The van der Waals surface area contributed by atoms with Crippen LogP contribution in [0.25, 0.3) is 0 Å². The second-order valence-electron chi connectivity index (χ2n) is 2.59. The van der Waals surface area contributed by atoms with Gasteiger partial charge in [-0.2, -0.15) is 0 Å². The van der Waals surface area contributed by atoms with Gasteiger partial charge in [-0.3, -0.25) is 0 Å². The molecule has 1 rings (SSSR count). The Kier molecular flexibility index (Phi) is 1.55. The van der Waals surface area contributed by atoms with Crippen molar-refractivity contribution in [1.29, 1.82) is 5.41 Å². The molecule has 0 radical (unpaired) electrons. The molecule has 3 heteroatoms. The zero-order valence-electron chi connectivity index (χ0n) is 5.22. The Hall–Kier alpha value is -0.410. The Bertz CT molecular complexity index is 119. The normalized spacial score (nSPS) is 26.2. The first-order valence-electron chi connectivity index (χ1n) is 3.11. The van der Waals surface area contributed by atoms with Crippen molar-refractivity contribution >= 4 is 5.71 Å². The first-order valence-corrected chi connectivity index (χ1v) is 3.11. The summed E-state index contributed by atoms with van der Waals surface area (Å²) in [5, 5.41) is 25.0. The van der Waals surface area contributed by atoms with E-state index in [0.717, 1.165) is 0 Å². The van der Waals surface area contributed by atoms with E-state index in [-0.39, 0.29) is 0 Å². The van der Waals surface area contributed by atoms with Crippen LogP contribution in [0.3, 0.4) is 0 Å². The fraction of sp³-hybridized carbons (Fsp3) is 0.833. The molecule has 0 amide bonds. The summed E-state index contributed by atoms with van der Waals surface area (Å²) in [6, 6.07) is 0. The quantitative estimate of drug-likeness (QED) is 0.411. The lowest BCUT2D eigenvalue weighted by Gasteiger charge is -2.26. The van der Waals surface area contributed by atoms with E-state index in [1.807, 2.05) is 0 Å². The smallest absolute Gasteiger partial charge is 0.163 e. The number of rotatable bonds is 0. The largest absolute Gasteiger partial charge is 0.366 e. The second-order valence-corrected chi connectivity index (χ2v) is 2.59. The fourth-order valence-electron chi connectivity index (χ4n) is 0.952. The summed E-state index contributed by atoms with van der Waals surface area (Å²) in [6.07, 6.45) is 1.72. The van der Waals surface area contributed by atoms with Gasteiger partial charge in [0.1, 0.15) is 0 Å². The monoisotopic (exact) mass is 129 g/mol. The molecule has 1 aliphatic carbocycles. The molecule has 0 unspecified atom stereocenters. The Morgan fingerprint density at radius 3 is 2.00 bits per heavy atom. The number of aliphatic hydroxyl groups is 2. The summed E-state index contributed by atoms with van der Waals surface area (Å²) in [6.45, 7) is 0. The van der Waals surface area contributed by atoms with Gasteiger partial charge in [0, 0.05) is 18.6 Å². The standard InChI is InChI=1S/C6H11NO2/c7-5-1-3-6(8,9)4-2-5/h7-9H,1-4H2. The van der Waals surface area contributed by atoms with Crippen LogP contribution in [0, 0.1) is 5.41 Å². The van der Waals surface area contributed by atoms with Crippen molar-refractivity contribution in [2.75, 3.05) is 0 Å². The van der Waals surface area contributed by atoms with Gasteiger partial charge in [0.2, 0.25) is 0 Å². The van der Waals surface area contributed by atoms with E-state index in [9.17, 15) is 0 Å². The first kappa shape index (κ1) is 6.71. The molecule has 0 atom stereocenters. The maximum atomic E-state index is 8.95. The Balaban J connectivity index is 2.44. The van der Waals surface area contributed by atoms with Gasteiger partial charge in [0.05, 0.1) is 0 Å². The summed E-state index contributed by atoms with van der Waals surface area (Å²) >= 11 is 0. The minimum Gasteiger partial charge on any atom is -0.366 e. The van der Waals surface area contributed by atoms with Crippen molar-refractivity contribution in [3.05, 3.63) is 0 Å². The van der Waals surface area contributed by atoms with E-state index < -0.39 is 5.79 Å². The lowest BCUT2D eigenvalue weighted by Crippen LogP contribution is -2.33. The minimum absolute atomic E-state index is 0.325. The molecule has 0 bridgehead atoms. The molecule has 1 aliphatic rings. The summed E-state index contributed by atoms with van der Waals surface area (Å²) in [4.78, 5) is 0. The number of nitrogens with one attached hydrogen (secondary N) is 1. The molecule has 3 nitrogen and oxygen atoms in total. The van der Waals surface area contributed by atoms with Gasteiger partial charge in [-0.25, -0.2) is 0 Å². The van der Waals surface area contributed by atoms with E-state index in [4.69, 9.17) is 15.6 Å². The van der Waals surface area contributed by atoms with Gasteiger partial charge >= 0.3 is 0 Å². The van der Waals surface area contributed by atoms with Gasteiger partial charge in [-0.15, -0.1) is 0 Å². The summed E-state index contributed by atoms with van der Waals surface area (Å²) in [7, 11) is 0. The average Bonchev–Trinajstić information content (AvgIpc) is 1.78. The SMILES string of the molecule is N=C1CCC(O)(O)CC1. The van der Waals surface area contributed by atoms with Crippen molar-refractivity contribution < 1.29 is 10.2 Å². The zero-order valence-corrected chi connectivity index (χ0v) is 5.22. The van der Waals surface area contributed by atoms with E-state index in [0.29, 0.717) is 31.4 Å². The fourth-order valence-corrected chi connectivity index (χ4v) is 0.952. The second kappa shape index (κ2) is 2.08. The molecule has 0 aromatic heterocycles. The van der Waals surface area contributed by atoms with Crippen LogP contribution in [0.2, 0.25) is 0 Å². The molecule has 0 aliphatic heterocycles. The van der Waals surface area contributed by atoms with Gasteiger partial charge in [0.25, 0.3) is 0 Å². The maximum absolute atomic E-state index is 8.95. The molecule has 0 aromatic carbocycles.